The highest BCUT2D eigenvalue weighted by Gasteiger charge is 2.08. The molecular weight excluding hydrogens is 288 g/mol. The van der Waals surface area contributed by atoms with E-state index in [1.807, 2.05) is 18.2 Å². The number of hydrogen-bond acceptors (Lipinski definition) is 5. The number of aromatic nitrogens is 2. The maximum absolute atomic E-state index is 9.27. The van der Waals surface area contributed by atoms with Crippen LogP contribution in [0.2, 0.25) is 5.02 Å². The molecule has 0 fully saturated rings. The second-order valence-electron chi connectivity index (χ2n) is 4.80. The summed E-state index contributed by atoms with van der Waals surface area (Å²) >= 11 is 6.21. The van der Waals surface area contributed by atoms with Crippen molar-refractivity contribution >= 4 is 34.3 Å². The predicted octanol–water partition coefficient (Wildman–Crippen LogP) is 3.20. The zero-order valence-corrected chi connectivity index (χ0v) is 12.6. The molecule has 0 radical (unpaired) electrons. The quantitative estimate of drug-likeness (QED) is 0.763. The van der Waals surface area contributed by atoms with Crippen LogP contribution in [0.25, 0.3) is 10.9 Å². The average Bonchev–Trinajstić information content (AvgIpc) is 2.45. The molecule has 5 nitrogen and oxygen atoms in total. The van der Waals surface area contributed by atoms with Crippen LogP contribution >= 0.6 is 11.6 Å². The van der Waals surface area contributed by atoms with E-state index in [-0.39, 0.29) is 18.5 Å². The van der Waals surface area contributed by atoms with Gasteiger partial charge in [0.25, 0.3) is 0 Å². The minimum absolute atomic E-state index is 0.124. The standard InChI is InChI=1S/C15H19ClN4O/c1-2-4-10(9-21)7-8-18-14-13-11(16)5-3-6-12(13)19-15(17)20-14/h3,5-8,10,21H,2,4,9H2,1H3,(H3,17,18,19,20)/b8-7+/t10-/m1/s1. The Kier molecular flexibility index (Phi) is 5.36. The van der Waals surface area contributed by atoms with Gasteiger partial charge in [-0.25, -0.2) is 4.98 Å². The molecule has 0 aliphatic carbocycles. The number of nitrogens with two attached hydrogens (primary N) is 1. The third kappa shape index (κ3) is 3.83. The van der Waals surface area contributed by atoms with Gasteiger partial charge in [-0.05, 0) is 24.8 Å². The zero-order valence-electron chi connectivity index (χ0n) is 11.9. The third-order valence-corrected chi connectivity index (χ3v) is 3.49. The number of anilines is 2. The molecule has 1 heterocycles. The van der Waals surface area contributed by atoms with E-state index in [1.54, 1.807) is 12.3 Å². The lowest BCUT2D eigenvalue weighted by molar-refractivity contribution is 0.245. The Morgan fingerprint density at radius 3 is 2.95 bits per heavy atom. The smallest absolute Gasteiger partial charge is 0.222 e. The molecule has 1 aromatic heterocycles. The van der Waals surface area contributed by atoms with Crippen LogP contribution in [0, 0.1) is 5.92 Å². The molecule has 21 heavy (non-hydrogen) atoms. The largest absolute Gasteiger partial charge is 0.396 e. The van der Waals surface area contributed by atoms with E-state index in [0.717, 1.165) is 18.2 Å². The van der Waals surface area contributed by atoms with Crippen LogP contribution in [0.4, 0.5) is 11.8 Å². The summed E-state index contributed by atoms with van der Waals surface area (Å²) in [6.45, 7) is 2.21. The number of hydrogen-bond donors (Lipinski definition) is 3. The molecule has 0 bridgehead atoms. The van der Waals surface area contributed by atoms with Crippen molar-refractivity contribution < 1.29 is 5.11 Å². The Morgan fingerprint density at radius 2 is 2.24 bits per heavy atom. The van der Waals surface area contributed by atoms with Gasteiger partial charge in [-0.3, -0.25) is 0 Å². The summed E-state index contributed by atoms with van der Waals surface area (Å²) in [5, 5.41) is 13.6. The molecule has 2 rings (SSSR count). The van der Waals surface area contributed by atoms with Gasteiger partial charge < -0.3 is 16.2 Å². The predicted molar refractivity (Wildman–Crippen MR) is 87.2 cm³/mol. The average molecular weight is 307 g/mol. The lowest BCUT2D eigenvalue weighted by Gasteiger charge is -2.09. The fourth-order valence-electron chi connectivity index (χ4n) is 2.15. The Hall–Kier alpha value is -1.85. The Morgan fingerprint density at radius 1 is 1.43 bits per heavy atom. The highest BCUT2D eigenvalue weighted by Crippen LogP contribution is 2.28. The molecule has 2 aromatic rings. The molecule has 1 aromatic carbocycles. The number of aliphatic hydroxyl groups is 1. The van der Waals surface area contributed by atoms with E-state index in [9.17, 15) is 5.11 Å². The van der Waals surface area contributed by atoms with Crippen molar-refractivity contribution in [1.82, 2.24) is 9.97 Å². The molecule has 0 amide bonds. The van der Waals surface area contributed by atoms with Crippen LogP contribution in [0.1, 0.15) is 19.8 Å². The zero-order chi connectivity index (χ0) is 15.2. The van der Waals surface area contributed by atoms with Gasteiger partial charge in [0.1, 0.15) is 5.82 Å². The van der Waals surface area contributed by atoms with Crippen LogP contribution in [0.3, 0.4) is 0 Å². The number of fused-ring (bicyclic) bond motifs is 1. The van der Waals surface area contributed by atoms with Crippen molar-refractivity contribution in [2.45, 2.75) is 19.8 Å². The summed E-state index contributed by atoms with van der Waals surface area (Å²) in [6, 6.07) is 5.44. The summed E-state index contributed by atoms with van der Waals surface area (Å²) < 4.78 is 0. The Labute approximate surface area is 128 Å². The van der Waals surface area contributed by atoms with Gasteiger partial charge in [0, 0.05) is 12.5 Å². The third-order valence-electron chi connectivity index (χ3n) is 3.17. The van der Waals surface area contributed by atoms with Crippen LogP contribution in [-0.2, 0) is 0 Å². The number of nitrogen functional groups attached to an aromatic ring is 1. The Bertz CT molecular complexity index is 645. The normalized spacial score (nSPS) is 12.9. The maximum Gasteiger partial charge on any atom is 0.222 e. The van der Waals surface area contributed by atoms with E-state index < -0.39 is 0 Å². The first-order valence-corrected chi connectivity index (χ1v) is 7.29. The van der Waals surface area contributed by atoms with Gasteiger partial charge in [0.05, 0.1) is 15.9 Å². The molecule has 6 heteroatoms. The van der Waals surface area contributed by atoms with Crippen LogP contribution in [-0.4, -0.2) is 21.7 Å². The first-order valence-electron chi connectivity index (χ1n) is 6.91. The fraction of sp³-hybridized carbons (Fsp3) is 0.333. The summed E-state index contributed by atoms with van der Waals surface area (Å²) in [6.07, 6.45) is 5.64. The highest BCUT2D eigenvalue weighted by molar-refractivity contribution is 6.36. The molecule has 1 atom stereocenters. The molecular formula is C15H19ClN4O. The summed E-state index contributed by atoms with van der Waals surface area (Å²) in [5.74, 6) is 0.879. The fourth-order valence-corrected chi connectivity index (χ4v) is 2.40. The van der Waals surface area contributed by atoms with E-state index >= 15 is 0 Å². The summed E-state index contributed by atoms with van der Waals surface area (Å²) in [4.78, 5) is 8.35. The molecule has 0 saturated carbocycles. The van der Waals surface area contributed by atoms with Gasteiger partial charge in [0.2, 0.25) is 5.95 Å². The van der Waals surface area contributed by atoms with Gasteiger partial charge >= 0.3 is 0 Å². The van der Waals surface area contributed by atoms with E-state index in [1.165, 1.54) is 0 Å². The first kappa shape index (κ1) is 15.5. The molecule has 4 N–H and O–H groups in total. The molecule has 0 saturated heterocycles. The molecule has 0 unspecified atom stereocenters. The molecule has 0 aliphatic heterocycles. The van der Waals surface area contributed by atoms with Gasteiger partial charge in [-0.2, -0.15) is 4.98 Å². The molecule has 0 aliphatic rings. The number of rotatable bonds is 6. The minimum atomic E-state index is 0.124. The monoisotopic (exact) mass is 306 g/mol. The second kappa shape index (κ2) is 7.24. The summed E-state index contributed by atoms with van der Waals surface area (Å²) in [5.41, 5.74) is 6.40. The minimum Gasteiger partial charge on any atom is -0.396 e. The number of aliphatic hydroxyl groups excluding tert-OH is 1. The SMILES string of the molecule is CCC[C@H](/C=C/Nc1nc(N)nc2cccc(Cl)c12)CO. The van der Waals surface area contributed by atoms with Gasteiger partial charge in [-0.1, -0.05) is 37.1 Å². The summed E-state index contributed by atoms with van der Waals surface area (Å²) in [7, 11) is 0. The Balaban J connectivity index is 2.27. The maximum atomic E-state index is 9.27. The van der Waals surface area contributed by atoms with Gasteiger partial charge in [-0.15, -0.1) is 0 Å². The van der Waals surface area contributed by atoms with Crippen molar-refractivity contribution in [3.05, 3.63) is 35.5 Å². The van der Waals surface area contributed by atoms with Crippen molar-refractivity contribution in [2.75, 3.05) is 17.7 Å². The lowest BCUT2D eigenvalue weighted by atomic mass is 10.1. The van der Waals surface area contributed by atoms with Crippen LogP contribution in [0.15, 0.2) is 30.5 Å². The van der Waals surface area contributed by atoms with Crippen molar-refractivity contribution in [1.29, 1.82) is 0 Å². The lowest BCUT2D eigenvalue weighted by Crippen LogP contribution is -2.04. The molecule has 112 valence electrons. The topological polar surface area (TPSA) is 84.1 Å². The van der Waals surface area contributed by atoms with Gasteiger partial charge in [0.15, 0.2) is 0 Å². The van der Waals surface area contributed by atoms with Crippen molar-refractivity contribution in [2.24, 2.45) is 5.92 Å². The van der Waals surface area contributed by atoms with Crippen LogP contribution in [0.5, 0.6) is 0 Å². The van der Waals surface area contributed by atoms with Crippen LogP contribution < -0.4 is 11.1 Å². The van der Waals surface area contributed by atoms with E-state index in [0.29, 0.717) is 16.4 Å². The number of halogens is 1. The van der Waals surface area contributed by atoms with E-state index in [2.05, 4.69) is 22.2 Å². The van der Waals surface area contributed by atoms with Crippen molar-refractivity contribution in [3.63, 3.8) is 0 Å². The number of benzene rings is 1. The van der Waals surface area contributed by atoms with E-state index in [4.69, 9.17) is 17.3 Å². The number of nitrogens with one attached hydrogen (secondary N) is 1. The molecule has 0 spiro atoms. The highest BCUT2D eigenvalue weighted by atomic mass is 35.5. The number of nitrogens with zero attached hydrogens (tertiary/aromatic N) is 2. The first-order chi connectivity index (χ1) is 10.2. The second-order valence-corrected chi connectivity index (χ2v) is 5.21. The van der Waals surface area contributed by atoms with Crippen molar-refractivity contribution in [3.8, 4) is 0 Å².